The maximum absolute atomic E-state index is 11.8. The van der Waals surface area contributed by atoms with Gasteiger partial charge in [0.25, 0.3) is 5.91 Å². The lowest BCUT2D eigenvalue weighted by atomic mass is 9.89. The van der Waals surface area contributed by atoms with Crippen molar-refractivity contribution in [3.8, 4) is 5.75 Å². The fourth-order valence-electron chi connectivity index (χ4n) is 2.64. The zero-order valence-corrected chi connectivity index (χ0v) is 12.9. The van der Waals surface area contributed by atoms with E-state index in [2.05, 4.69) is 5.32 Å². The first kappa shape index (κ1) is 15.6. The van der Waals surface area contributed by atoms with Gasteiger partial charge in [-0.1, -0.05) is 6.92 Å². The zero-order valence-electron chi connectivity index (χ0n) is 12.9. The van der Waals surface area contributed by atoms with Crippen molar-refractivity contribution < 1.29 is 19.1 Å². The number of rotatable bonds is 5. The molecule has 1 saturated carbocycles. The molecule has 2 N–H and O–H groups in total. The van der Waals surface area contributed by atoms with E-state index in [4.69, 9.17) is 9.15 Å². The smallest absolute Gasteiger partial charge is 0.336 e. The summed E-state index contributed by atoms with van der Waals surface area (Å²) in [4.78, 5) is 23.3. The van der Waals surface area contributed by atoms with Crippen LogP contribution in [-0.4, -0.2) is 29.8 Å². The van der Waals surface area contributed by atoms with Crippen LogP contribution in [-0.2, 0) is 11.2 Å². The molecule has 6 nitrogen and oxygen atoms in total. The molecule has 0 aliphatic heterocycles. The summed E-state index contributed by atoms with van der Waals surface area (Å²) in [6, 6.07) is 6.49. The van der Waals surface area contributed by atoms with E-state index < -0.39 is 11.7 Å². The Morgan fingerprint density at radius 1 is 1.39 bits per heavy atom. The summed E-state index contributed by atoms with van der Waals surface area (Å²) in [5.74, 6) is 0.177. The van der Waals surface area contributed by atoms with Crippen LogP contribution in [0.25, 0.3) is 11.0 Å². The second-order valence-electron chi connectivity index (χ2n) is 5.71. The van der Waals surface area contributed by atoms with E-state index in [1.807, 2.05) is 13.0 Å². The van der Waals surface area contributed by atoms with Gasteiger partial charge in [-0.25, -0.2) is 4.79 Å². The largest absolute Gasteiger partial charge is 0.484 e. The highest BCUT2D eigenvalue weighted by atomic mass is 16.5. The molecule has 2 aromatic rings. The molecule has 0 bridgehead atoms. The first-order chi connectivity index (χ1) is 11.1. The third-order valence-electron chi connectivity index (χ3n) is 4.14. The number of ether oxygens (including phenoxy) is 1. The Labute approximate surface area is 133 Å². The standard InChI is InChI=1S/C17H19NO5/c1-2-10-7-17(21)23-15-8-11(3-4-12(10)15)22-9-16(20)18-13-5-6-14(13)19/h3-4,7-8,13-14,19H,2,5-6,9H2,1H3,(H,18,20)/t13-,14-/m0/s1. The van der Waals surface area contributed by atoms with Gasteiger partial charge in [-0.2, -0.15) is 0 Å². The summed E-state index contributed by atoms with van der Waals surface area (Å²) in [6.07, 6.45) is 1.78. The van der Waals surface area contributed by atoms with E-state index in [9.17, 15) is 14.7 Å². The van der Waals surface area contributed by atoms with Crippen LogP contribution in [0.5, 0.6) is 5.75 Å². The average Bonchev–Trinajstić information content (AvgIpc) is 2.55. The molecular formula is C17H19NO5. The van der Waals surface area contributed by atoms with Crippen molar-refractivity contribution >= 4 is 16.9 Å². The summed E-state index contributed by atoms with van der Waals surface area (Å²) in [5.41, 5.74) is 0.962. The second-order valence-corrected chi connectivity index (χ2v) is 5.71. The van der Waals surface area contributed by atoms with Crippen LogP contribution in [0, 0.1) is 0 Å². The van der Waals surface area contributed by atoms with Gasteiger partial charge in [-0.15, -0.1) is 0 Å². The summed E-state index contributed by atoms with van der Waals surface area (Å²) in [7, 11) is 0. The lowest BCUT2D eigenvalue weighted by Gasteiger charge is -2.32. The van der Waals surface area contributed by atoms with Crippen LogP contribution >= 0.6 is 0 Å². The fourth-order valence-corrected chi connectivity index (χ4v) is 2.64. The molecule has 6 heteroatoms. The molecule has 0 saturated heterocycles. The number of hydrogen-bond donors (Lipinski definition) is 2. The van der Waals surface area contributed by atoms with E-state index in [1.165, 1.54) is 6.07 Å². The van der Waals surface area contributed by atoms with E-state index >= 15 is 0 Å². The molecule has 1 fully saturated rings. The normalized spacial score (nSPS) is 20.1. The van der Waals surface area contributed by atoms with E-state index in [0.717, 1.165) is 30.2 Å². The molecule has 2 atom stereocenters. The van der Waals surface area contributed by atoms with Crippen molar-refractivity contribution in [3.63, 3.8) is 0 Å². The molecule has 1 aromatic carbocycles. The quantitative estimate of drug-likeness (QED) is 0.813. The number of hydrogen-bond acceptors (Lipinski definition) is 5. The minimum Gasteiger partial charge on any atom is -0.484 e. The average molecular weight is 317 g/mol. The van der Waals surface area contributed by atoms with Gasteiger partial charge in [0.2, 0.25) is 0 Å². The Balaban J connectivity index is 1.68. The lowest BCUT2D eigenvalue weighted by molar-refractivity contribution is -0.126. The van der Waals surface area contributed by atoms with Crippen molar-refractivity contribution in [1.29, 1.82) is 0 Å². The summed E-state index contributed by atoms with van der Waals surface area (Å²) < 4.78 is 10.6. The van der Waals surface area contributed by atoms with E-state index in [1.54, 1.807) is 12.1 Å². The van der Waals surface area contributed by atoms with Gasteiger partial charge >= 0.3 is 5.63 Å². The first-order valence-corrected chi connectivity index (χ1v) is 7.74. The van der Waals surface area contributed by atoms with Gasteiger partial charge < -0.3 is 19.6 Å². The van der Waals surface area contributed by atoms with E-state index in [-0.39, 0.29) is 18.6 Å². The van der Waals surface area contributed by atoms with Crippen LogP contribution in [0.3, 0.4) is 0 Å². The molecule has 0 radical (unpaired) electrons. The third kappa shape index (κ3) is 3.37. The minimum absolute atomic E-state index is 0.146. The molecule has 1 heterocycles. The Bertz CT molecular complexity index is 782. The number of benzene rings is 1. The fraction of sp³-hybridized carbons (Fsp3) is 0.412. The molecular weight excluding hydrogens is 298 g/mol. The van der Waals surface area contributed by atoms with Gasteiger partial charge in [0.1, 0.15) is 11.3 Å². The Morgan fingerprint density at radius 3 is 2.87 bits per heavy atom. The van der Waals surface area contributed by atoms with E-state index in [0.29, 0.717) is 11.3 Å². The Kier molecular flexibility index (Phi) is 4.34. The third-order valence-corrected chi connectivity index (χ3v) is 4.14. The van der Waals surface area contributed by atoms with Gasteiger partial charge in [-0.3, -0.25) is 4.79 Å². The lowest BCUT2D eigenvalue weighted by Crippen LogP contribution is -2.51. The molecule has 0 unspecified atom stereocenters. The van der Waals surface area contributed by atoms with Gasteiger partial charge in [0, 0.05) is 17.5 Å². The van der Waals surface area contributed by atoms with Crippen molar-refractivity contribution in [2.75, 3.05) is 6.61 Å². The Hall–Kier alpha value is -2.34. The van der Waals surface area contributed by atoms with Crippen LogP contribution in [0.15, 0.2) is 33.5 Å². The number of aliphatic hydroxyl groups excluding tert-OH is 1. The van der Waals surface area contributed by atoms with Gasteiger partial charge in [0.15, 0.2) is 6.61 Å². The number of aliphatic hydroxyl groups is 1. The first-order valence-electron chi connectivity index (χ1n) is 7.74. The molecule has 23 heavy (non-hydrogen) atoms. The molecule has 122 valence electrons. The predicted molar refractivity (Wildman–Crippen MR) is 84.5 cm³/mol. The van der Waals surface area contributed by atoms with Gasteiger partial charge in [-0.05, 0) is 37.0 Å². The zero-order chi connectivity index (χ0) is 16.4. The molecule has 1 amide bonds. The highest BCUT2D eigenvalue weighted by molar-refractivity contribution is 5.82. The molecule has 1 aliphatic carbocycles. The van der Waals surface area contributed by atoms with Crippen LogP contribution in [0.2, 0.25) is 0 Å². The van der Waals surface area contributed by atoms with Crippen LogP contribution < -0.4 is 15.7 Å². The SMILES string of the molecule is CCc1cc(=O)oc2cc(OCC(=O)N[C@H]3CC[C@@H]3O)ccc12. The minimum atomic E-state index is -0.457. The van der Waals surface area contributed by atoms with Crippen LogP contribution in [0.4, 0.5) is 0 Å². The summed E-state index contributed by atoms with van der Waals surface area (Å²) in [6.45, 7) is 1.82. The van der Waals surface area contributed by atoms with Crippen molar-refractivity contribution in [2.45, 2.75) is 38.3 Å². The maximum atomic E-state index is 11.8. The van der Waals surface area contributed by atoms with Crippen molar-refractivity contribution in [2.24, 2.45) is 0 Å². The monoisotopic (exact) mass is 317 g/mol. The number of carbonyl (C=O) groups is 1. The van der Waals surface area contributed by atoms with Crippen molar-refractivity contribution in [1.82, 2.24) is 5.32 Å². The molecule has 0 spiro atoms. The molecule has 1 aromatic heterocycles. The number of fused-ring (bicyclic) bond motifs is 1. The number of amides is 1. The van der Waals surface area contributed by atoms with Gasteiger partial charge in [0.05, 0.1) is 12.1 Å². The predicted octanol–water partition coefficient (Wildman–Crippen LogP) is 1.37. The van der Waals surface area contributed by atoms with Crippen LogP contribution in [0.1, 0.15) is 25.3 Å². The molecule has 3 rings (SSSR count). The number of carbonyl (C=O) groups excluding carboxylic acids is 1. The maximum Gasteiger partial charge on any atom is 0.336 e. The number of aryl methyl sites for hydroxylation is 1. The number of nitrogens with one attached hydrogen (secondary N) is 1. The highest BCUT2D eigenvalue weighted by Crippen LogP contribution is 2.23. The Morgan fingerprint density at radius 2 is 2.22 bits per heavy atom. The highest BCUT2D eigenvalue weighted by Gasteiger charge is 2.29. The topological polar surface area (TPSA) is 88.8 Å². The summed E-state index contributed by atoms with van der Waals surface area (Å²) >= 11 is 0. The summed E-state index contributed by atoms with van der Waals surface area (Å²) in [5, 5.41) is 13.0. The second kappa shape index (κ2) is 6.42. The van der Waals surface area contributed by atoms with Crippen molar-refractivity contribution in [3.05, 3.63) is 40.2 Å². The molecule has 1 aliphatic rings.